The predicted molar refractivity (Wildman–Crippen MR) is 135 cm³/mol. The fourth-order valence-electron chi connectivity index (χ4n) is 2.96. The van der Waals surface area contributed by atoms with Crippen molar-refractivity contribution in [2.24, 2.45) is 0 Å². The summed E-state index contributed by atoms with van der Waals surface area (Å²) in [6.07, 6.45) is 6.97. The molecule has 0 bridgehead atoms. The molecule has 0 atom stereocenters. The Morgan fingerprint density at radius 2 is 0.947 bits per heavy atom. The van der Waals surface area contributed by atoms with E-state index in [0.29, 0.717) is 26.4 Å². The molecule has 0 amide bonds. The van der Waals surface area contributed by atoms with Gasteiger partial charge in [0.25, 0.3) is 11.4 Å². The summed E-state index contributed by atoms with van der Waals surface area (Å²) in [5, 5.41) is 16.6. The van der Waals surface area contributed by atoms with Gasteiger partial charge in [-0.25, -0.2) is 0 Å². The van der Waals surface area contributed by atoms with Gasteiger partial charge in [0.15, 0.2) is 0 Å². The highest BCUT2D eigenvalue weighted by Crippen LogP contribution is 2.27. The monoisotopic (exact) mass is 532 g/mol. The van der Waals surface area contributed by atoms with Gasteiger partial charge in [-0.3, -0.25) is 4.63 Å². The van der Waals surface area contributed by atoms with E-state index >= 15 is 0 Å². The number of unbranched alkanes of at least 4 members (excludes halogenated alkanes) is 4. The van der Waals surface area contributed by atoms with E-state index in [1.165, 1.54) is 0 Å². The standard InChI is InChI=1S/C24H36N8O6/c1-5-9-13-34-21-25-19(26-22(29-21)35-14-10-6-2)17-18(32(33)38-31-17)20-27-23(36-15-11-7-3)30-24(28-20)37-16-12-8-4/h5-16H2,1-4H3. The van der Waals surface area contributed by atoms with Crippen molar-refractivity contribution in [2.75, 3.05) is 26.4 Å². The maximum absolute atomic E-state index is 12.7. The van der Waals surface area contributed by atoms with E-state index in [4.69, 9.17) is 23.6 Å². The molecule has 14 nitrogen and oxygen atoms in total. The second kappa shape index (κ2) is 15.4. The van der Waals surface area contributed by atoms with Crippen LogP contribution in [0.1, 0.15) is 79.1 Å². The molecule has 3 rings (SSSR count). The lowest BCUT2D eigenvalue weighted by Crippen LogP contribution is -2.26. The Kier molecular flexibility index (Phi) is 11.7. The molecule has 3 aromatic heterocycles. The van der Waals surface area contributed by atoms with Crippen molar-refractivity contribution in [3.05, 3.63) is 5.21 Å². The molecular weight excluding hydrogens is 496 g/mol. The molecule has 3 heterocycles. The van der Waals surface area contributed by atoms with Crippen LogP contribution in [0.15, 0.2) is 4.63 Å². The van der Waals surface area contributed by atoms with E-state index in [1.54, 1.807) is 0 Å². The van der Waals surface area contributed by atoms with E-state index < -0.39 is 0 Å². The van der Waals surface area contributed by atoms with Gasteiger partial charge in [-0.1, -0.05) is 53.4 Å². The summed E-state index contributed by atoms with van der Waals surface area (Å²) >= 11 is 0. The maximum atomic E-state index is 12.7. The molecule has 0 fully saturated rings. The highest BCUT2D eigenvalue weighted by molar-refractivity contribution is 5.67. The minimum atomic E-state index is -0.140. The molecule has 0 N–H and O–H groups in total. The molecule has 3 aromatic rings. The van der Waals surface area contributed by atoms with Gasteiger partial charge >= 0.3 is 24.0 Å². The van der Waals surface area contributed by atoms with E-state index in [9.17, 15) is 5.21 Å². The lowest BCUT2D eigenvalue weighted by molar-refractivity contribution is -0.793. The zero-order chi connectivity index (χ0) is 27.2. The van der Waals surface area contributed by atoms with Crippen molar-refractivity contribution >= 4 is 0 Å². The van der Waals surface area contributed by atoms with Crippen molar-refractivity contribution < 1.29 is 28.5 Å². The second-order valence-corrected chi connectivity index (χ2v) is 8.38. The molecule has 0 aromatic carbocycles. The van der Waals surface area contributed by atoms with Crippen molar-refractivity contribution in [2.45, 2.75) is 79.1 Å². The quantitative estimate of drug-likeness (QED) is 0.172. The fraction of sp³-hybridized carbons (Fsp3) is 0.667. The van der Waals surface area contributed by atoms with Gasteiger partial charge in [0, 0.05) is 0 Å². The molecule has 38 heavy (non-hydrogen) atoms. The summed E-state index contributed by atoms with van der Waals surface area (Å²) in [6.45, 7) is 9.79. The Hall–Kier alpha value is -3.84. The smallest absolute Gasteiger partial charge is 0.323 e. The third-order valence-corrected chi connectivity index (χ3v) is 5.14. The largest absolute Gasteiger partial charge is 0.463 e. The molecule has 0 saturated carbocycles. The Labute approximate surface area is 221 Å². The zero-order valence-corrected chi connectivity index (χ0v) is 22.5. The highest BCUT2D eigenvalue weighted by atomic mass is 16.8. The minimum absolute atomic E-state index is 0.00802. The van der Waals surface area contributed by atoms with E-state index in [-0.39, 0.29) is 52.0 Å². The van der Waals surface area contributed by atoms with Crippen LogP contribution in [0.4, 0.5) is 0 Å². The lowest BCUT2D eigenvalue weighted by Gasteiger charge is -2.09. The van der Waals surface area contributed by atoms with Crippen molar-refractivity contribution in [3.8, 4) is 47.1 Å². The Morgan fingerprint density at radius 1 is 0.579 bits per heavy atom. The summed E-state index contributed by atoms with van der Waals surface area (Å²) in [4.78, 5) is 25.9. The number of hydrogen-bond donors (Lipinski definition) is 0. The third-order valence-electron chi connectivity index (χ3n) is 5.14. The number of aromatic nitrogens is 8. The van der Waals surface area contributed by atoms with Gasteiger partial charge < -0.3 is 24.2 Å². The average Bonchev–Trinajstić information content (AvgIpc) is 3.30. The summed E-state index contributed by atoms with van der Waals surface area (Å²) in [5.41, 5.74) is -0.161. The number of rotatable bonds is 18. The van der Waals surface area contributed by atoms with Crippen LogP contribution in [-0.2, 0) is 0 Å². The number of hydrogen-bond acceptors (Lipinski definition) is 13. The molecule has 14 heteroatoms. The summed E-state index contributed by atoms with van der Waals surface area (Å²) in [6, 6.07) is 0.128. The van der Waals surface area contributed by atoms with Crippen LogP contribution in [0.5, 0.6) is 24.0 Å². The van der Waals surface area contributed by atoms with Crippen LogP contribution in [0, 0.1) is 5.21 Å². The molecule has 0 unspecified atom stereocenters. The normalized spacial score (nSPS) is 10.9. The summed E-state index contributed by atoms with van der Waals surface area (Å²) < 4.78 is 27.6. The molecule has 0 aliphatic heterocycles. The Balaban J connectivity index is 2.02. The van der Waals surface area contributed by atoms with Gasteiger partial charge in [-0.05, 0) is 30.6 Å². The average molecular weight is 533 g/mol. The van der Waals surface area contributed by atoms with Crippen LogP contribution in [0.2, 0.25) is 0 Å². The Morgan fingerprint density at radius 3 is 1.32 bits per heavy atom. The minimum Gasteiger partial charge on any atom is -0.463 e. The topological polar surface area (TPSA) is 167 Å². The van der Waals surface area contributed by atoms with Gasteiger partial charge in [0.1, 0.15) is 0 Å². The Bertz CT molecular complexity index is 1070. The lowest BCUT2D eigenvalue weighted by atomic mass is 10.3. The van der Waals surface area contributed by atoms with Gasteiger partial charge in [0.05, 0.1) is 31.6 Å². The van der Waals surface area contributed by atoms with Crippen LogP contribution in [0.25, 0.3) is 23.0 Å². The van der Waals surface area contributed by atoms with Crippen molar-refractivity contribution in [1.82, 2.24) is 35.1 Å². The maximum Gasteiger partial charge on any atom is 0.323 e. The molecule has 0 radical (unpaired) electrons. The van der Waals surface area contributed by atoms with Gasteiger partial charge in [0.2, 0.25) is 11.6 Å². The fourth-order valence-corrected chi connectivity index (χ4v) is 2.96. The van der Waals surface area contributed by atoms with E-state index in [1.807, 2.05) is 27.7 Å². The van der Waals surface area contributed by atoms with Crippen molar-refractivity contribution in [1.29, 1.82) is 0 Å². The number of ether oxygens (including phenoxy) is 4. The molecule has 0 spiro atoms. The van der Waals surface area contributed by atoms with Crippen LogP contribution < -0.4 is 23.9 Å². The van der Waals surface area contributed by atoms with Crippen LogP contribution in [-0.4, -0.2) is 61.5 Å². The van der Waals surface area contributed by atoms with Gasteiger partial charge in [-0.2, -0.15) is 19.9 Å². The first-order valence-corrected chi connectivity index (χ1v) is 13.2. The zero-order valence-electron chi connectivity index (χ0n) is 22.5. The van der Waals surface area contributed by atoms with Gasteiger partial charge in [-0.15, -0.1) is 9.97 Å². The van der Waals surface area contributed by atoms with Crippen LogP contribution >= 0.6 is 0 Å². The second-order valence-electron chi connectivity index (χ2n) is 8.38. The highest BCUT2D eigenvalue weighted by Gasteiger charge is 2.31. The summed E-state index contributed by atoms with van der Waals surface area (Å²) in [7, 11) is 0. The molecule has 0 saturated heterocycles. The SMILES string of the molecule is CCCCOc1nc(OCCCC)nc(-c2no[n+]([O-])c2-c2nc(OCCCC)nc(OCCCC)n2)n1. The van der Waals surface area contributed by atoms with Crippen molar-refractivity contribution in [3.63, 3.8) is 0 Å². The first kappa shape index (κ1) is 28.7. The molecule has 0 aliphatic rings. The van der Waals surface area contributed by atoms with E-state index in [0.717, 1.165) is 51.4 Å². The molecular formula is C24H36N8O6. The van der Waals surface area contributed by atoms with E-state index in [2.05, 4.69) is 35.1 Å². The third kappa shape index (κ3) is 8.35. The summed E-state index contributed by atoms with van der Waals surface area (Å²) in [5.74, 6) is -0.0553. The van der Waals surface area contributed by atoms with Crippen LogP contribution in [0.3, 0.4) is 0 Å². The first-order valence-electron chi connectivity index (χ1n) is 13.2. The molecule has 208 valence electrons. The number of nitrogens with zero attached hydrogens (tertiary/aromatic N) is 8. The first-order chi connectivity index (χ1) is 18.6. The predicted octanol–water partition coefficient (Wildman–Crippen LogP) is 3.73. The molecule has 0 aliphatic carbocycles.